The highest BCUT2D eigenvalue weighted by molar-refractivity contribution is 5.39. The van der Waals surface area contributed by atoms with Crippen LogP contribution in [0.4, 0.5) is 0 Å². The first-order valence-corrected chi connectivity index (χ1v) is 21.8. The van der Waals surface area contributed by atoms with E-state index in [2.05, 4.69) is 38.2 Å². The third kappa shape index (κ3) is 25.7. The highest BCUT2D eigenvalue weighted by Crippen LogP contribution is 2.33. The van der Waals surface area contributed by atoms with Gasteiger partial charge in [0.05, 0.1) is 26.4 Å². The van der Waals surface area contributed by atoms with Crippen molar-refractivity contribution >= 4 is 0 Å². The first-order valence-electron chi connectivity index (χ1n) is 21.8. The lowest BCUT2D eigenvalue weighted by molar-refractivity contribution is -0.0678. The van der Waals surface area contributed by atoms with Gasteiger partial charge in [-0.25, -0.2) is 0 Å². The SMILES string of the molecule is CCCCCCCCC=CCCCCCCCCOc1cc(OCCCCCCCCC=CCCCCCCCC)cc(C2OCC(CO)O2)c1. The van der Waals surface area contributed by atoms with Crippen molar-refractivity contribution < 1.29 is 24.1 Å². The fraction of sp³-hybridized carbons (Fsp3) is 0.783. The molecule has 0 bridgehead atoms. The Kier molecular flexibility index (Phi) is 30.2. The van der Waals surface area contributed by atoms with Crippen LogP contribution in [0.1, 0.15) is 205 Å². The van der Waals surface area contributed by atoms with Crippen molar-refractivity contribution in [3.8, 4) is 11.5 Å². The zero-order chi connectivity index (χ0) is 36.3. The molecular formula is C46H80O5. The molecule has 1 heterocycles. The standard InChI is InChI=1S/C46H80O5/c1-3-5-7-9-11-13-15-17-19-21-23-25-27-29-31-33-35-48-43-37-42(46-50-41-45(40-47)51-46)38-44(39-43)49-36-34-32-30-28-26-24-22-20-18-16-14-12-10-8-6-4-2/h17-20,37-39,45-47H,3-16,21-36,40-41H2,1-2H3. The van der Waals surface area contributed by atoms with E-state index in [1.807, 2.05) is 18.2 Å². The van der Waals surface area contributed by atoms with Gasteiger partial charge in [0, 0.05) is 11.6 Å². The van der Waals surface area contributed by atoms with Crippen LogP contribution in [0, 0.1) is 0 Å². The lowest BCUT2D eigenvalue weighted by atomic mass is 10.1. The van der Waals surface area contributed by atoms with Crippen LogP contribution in [0.5, 0.6) is 11.5 Å². The van der Waals surface area contributed by atoms with Crippen LogP contribution in [0.2, 0.25) is 0 Å². The number of aliphatic hydroxyl groups excluding tert-OH is 1. The normalized spacial score (nSPS) is 16.2. The van der Waals surface area contributed by atoms with Crippen molar-refractivity contribution in [2.24, 2.45) is 0 Å². The van der Waals surface area contributed by atoms with Gasteiger partial charge < -0.3 is 24.1 Å². The number of allylic oxidation sites excluding steroid dienone is 4. The van der Waals surface area contributed by atoms with Crippen LogP contribution >= 0.6 is 0 Å². The van der Waals surface area contributed by atoms with Gasteiger partial charge >= 0.3 is 0 Å². The summed E-state index contributed by atoms with van der Waals surface area (Å²) in [6.07, 6.45) is 45.2. The Hall–Kier alpha value is -1.82. The van der Waals surface area contributed by atoms with Gasteiger partial charge in [-0.15, -0.1) is 0 Å². The number of hydrogen-bond donors (Lipinski definition) is 1. The number of aliphatic hydroxyl groups is 1. The van der Waals surface area contributed by atoms with E-state index in [1.54, 1.807) is 0 Å². The molecule has 2 rings (SSSR count). The first-order chi connectivity index (χ1) is 25.3. The van der Waals surface area contributed by atoms with Crippen molar-refractivity contribution in [1.82, 2.24) is 0 Å². The van der Waals surface area contributed by atoms with Crippen LogP contribution in [0.15, 0.2) is 42.5 Å². The Morgan fingerprint density at radius 3 is 1.27 bits per heavy atom. The monoisotopic (exact) mass is 713 g/mol. The zero-order valence-electron chi connectivity index (χ0n) is 33.4. The topological polar surface area (TPSA) is 57.2 Å². The molecule has 0 aromatic heterocycles. The van der Waals surface area contributed by atoms with Gasteiger partial charge in [-0.05, 0) is 76.3 Å². The number of ether oxygens (including phenoxy) is 4. The van der Waals surface area contributed by atoms with E-state index in [1.165, 1.54) is 167 Å². The zero-order valence-corrected chi connectivity index (χ0v) is 33.4. The van der Waals surface area contributed by atoms with Crippen LogP contribution < -0.4 is 9.47 Å². The maximum absolute atomic E-state index is 9.51. The number of rotatable bonds is 36. The third-order valence-electron chi connectivity index (χ3n) is 9.98. The minimum absolute atomic E-state index is 0.0397. The summed E-state index contributed by atoms with van der Waals surface area (Å²) in [4.78, 5) is 0. The van der Waals surface area contributed by atoms with Crippen molar-refractivity contribution in [1.29, 1.82) is 0 Å². The van der Waals surface area contributed by atoms with Gasteiger partial charge in [0.1, 0.15) is 17.6 Å². The predicted molar refractivity (Wildman–Crippen MR) is 217 cm³/mol. The Morgan fingerprint density at radius 1 is 0.529 bits per heavy atom. The van der Waals surface area contributed by atoms with E-state index in [0.29, 0.717) is 19.8 Å². The summed E-state index contributed by atoms with van der Waals surface area (Å²) < 4.78 is 24.1. The molecule has 1 aliphatic heterocycles. The summed E-state index contributed by atoms with van der Waals surface area (Å²) >= 11 is 0. The molecule has 0 amide bonds. The number of hydrogen-bond acceptors (Lipinski definition) is 5. The fourth-order valence-electron chi connectivity index (χ4n) is 6.69. The average molecular weight is 713 g/mol. The van der Waals surface area contributed by atoms with Crippen LogP contribution in [0.25, 0.3) is 0 Å². The molecule has 0 saturated carbocycles. The minimum atomic E-state index is -0.496. The average Bonchev–Trinajstić information content (AvgIpc) is 3.64. The van der Waals surface area contributed by atoms with Crippen molar-refractivity contribution in [2.45, 2.75) is 206 Å². The summed E-state index contributed by atoms with van der Waals surface area (Å²) in [5.41, 5.74) is 0.889. The molecule has 0 aliphatic carbocycles. The maximum atomic E-state index is 9.51. The lowest BCUT2D eigenvalue weighted by Crippen LogP contribution is -2.14. The Bertz CT molecular complexity index is 897. The highest BCUT2D eigenvalue weighted by atomic mass is 16.7. The summed E-state index contributed by atoms with van der Waals surface area (Å²) in [7, 11) is 0. The summed E-state index contributed by atoms with van der Waals surface area (Å²) in [6.45, 7) is 6.32. The largest absolute Gasteiger partial charge is 0.493 e. The molecule has 1 aliphatic rings. The minimum Gasteiger partial charge on any atom is -0.493 e. The number of benzene rings is 1. The molecule has 1 N–H and O–H groups in total. The molecule has 0 spiro atoms. The van der Waals surface area contributed by atoms with Crippen molar-refractivity contribution in [3.05, 3.63) is 48.1 Å². The van der Waals surface area contributed by atoms with Crippen molar-refractivity contribution in [3.63, 3.8) is 0 Å². The summed E-state index contributed by atoms with van der Waals surface area (Å²) in [6, 6.07) is 6.00. The van der Waals surface area contributed by atoms with Gasteiger partial charge in [0.15, 0.2) is 6.29 Å². The third-order valence-corrected chi connectivity index (χ3v) is 9.98. The molecule has 2 atom stereocenters. The van der Waals surface area contributed by atoms with E-state index in [-0.39, 0.29) is 12.7 Å². The van der Waals surface area contributed by atoms with Crippen LogP contribution in [-0.4, -0.2) is 37.6 Å². The lowest BCUT2D eigenvalue weighted by Gasteiger charge is -2.16. The molecule has 5 nitrogen and oxygen atoms in total. The molecule has 1 aromatic rings. The maximum Gasteiger partial charge on any atom is 0.184 e. The van der Waals surface area contributed by atoms with E-state index in [4.69, 9.17) is 18.9 Å². The first kappa shape index (κ1) is 45.3. The van der Waals surface area contributed by atoms with Gasteiger partial charge in [-0.3, -0.25) is 0 Å². The van der Waals surface area contributed by atoms with Gasteiger partial charge in [0.2, 0.25) is 0 Å². The highest BCUT2D eigenvalue weighted by Gasteiger charge is 2.27. The second-order valence-electron chi connectivity index (χ2n) is 14.9. The van der Waals surface area contributed by atoms with E-state index < -0.39 is 6.29 Å². The van der Waals surface area contributed by atoms with E-state index in [0.717, 1.165) is 29.9 Å². The van der Waals surface area contributed by atoms with Gasteiger partial charge in [0.25, 0.3) is 0 Å². The molecular weight excluding hydrogens is 633 g/mol. The van der Waals surface area contributed by atoms with E-state index >= 15 is 0 Å². The van der Waals surface area contributed by atoms with Crippen LogP contribution in [-0.2, 0) is 9.47 Å². The molecule has 51 heavy (non-hydrogen) atoms. The number of unbranched alkanes of at least 4 members (excludes halogenated alkanes) is 24. The van der Waals surface area contributed by atoms with Gasteiger partial charge in [-0.1, -0.05) is 154 Å². The molecule has 0 radical (unpaired) electrons. The molecule has 294 valence electrons. The Labute approximate surface area is 315 Å². The molecule has 1 aromatic carbocycles. The summed E-state index contributed by atoms with van der Waals surface area (Å²) in [5.74, 6) is 1.60. The Balaban J connectivity index is 1.55. The molecule has 5 heteroatoms. The summed E-state index contributed by atoms with van der Waals surface area (Å²) in [5, 5.41) is 9.51. The second kappa shape index (κ2) is 34.0. The Morgan fingerprint density at radius 2 is 0.902 bits per heavy atom. The van der Waals surface area contributed by atoms with Gasteiger partial charge in [-0.2, -0.15) is 0 Å². The predicted octanol–water partition coefficient (Wildman–Crippen LogP) is 13.9. The van der Waals surface area contributed by atoms with E-state index in [9.17, 15) is 5.11 Å². The van der Waals surface area contributed by atoms with Crippen LogP contribution in [0.3, 0.4) is 0 Å². The quantitative estimate of drug-likeness (QED) is 0.0554. The second-order valence-corrected chi connectivity index (χ2v) is 14.9. The smallest absolute Gasteiger partial charge is 0.184 e. The molecule has 2 unspecified atom stereocenters. The molecule has 1 saturated heterocycles. The fourth-order valence-corrected chi connectivity index (χ4v) is 6.69. The molecule has 1 fully saturated rings. The van der Waals surface area contributed by atoms with Crippen molar-refractivity contribution in [2.75, 3.05) is 26.4 Å².